The van der Waals surface area contributed by atoms with Crippen molar-refractivity contribution in [1.82, 2.24) is 9.97 Å². The summed E-state index contributed by atoms with van der Waals surface area (Å²) in [5.74, 6) is 0.811. The normalized spacial score (nSPS) is 16.1. The molecule has 7 heteroatoms. The number of anilines is 1. The fourth-order valence-corrected chi connectivity index (χ4v) is 3.65. The topological polar surface area (TPSA) is 81.0 Å². The molecule has 0 fully saturated rings. The first-order chi connectivity index (χ1) is 11.6. The predicted molar refractivity (Wildman–Crippen MR) is 100 cm³/mol. The quantitative estimate of drug-likeness (QED) is 0.388. The van der Waals surface area contributed by atoms with Gasteiger partial charge in [-0.05, 0) is 64.8 Å². The SMILES string of the molecule is O=[N+]([O-])c1ccc2c(c1)CC(Nc1ncnc3ccc(I)cc13)C2. The molecule has 2 aromatic carbocycles. The number of hydrogen-bond donors (Lipinski definition) is 1. The largest absolute Gasteiger partial charge is 0.366 e. The van der Waals surface area contributed by atoms with E-state index in [2.05, 4.69) is 43.9 Å². The minimum Gasteiger partial charge on any atom is -0.366 e. The zero-order valence-corrected chi connectivity index (χ0v) is 14.7. The van der Waals surface area contributed by atoms with Crippen LogP contribution in [0.15, 0.2) is 42.7 Å². The zero-order valence-electron chi connectivity index (χ0n) is 12.6. The molecule has 1 aliphatic carbocycles. The molecule has 120 valence electrons. The number of fused-ring (bicyclic) bond motifs is 2. The Kier molecular flexibility index (Phi) is 3.79. The van der Waals surface area contributed by atoms with Crippen LogP contribution in [0.4, 0.5) is 11.5 Å². The van der Waals surface area contributed by atoms with Crippen molar-refractivity contribution in [3.63, 3.8) is 0 Å². The van der Waals surface area contributed by atoms with Gasteiger partial charge in [-0.2, -0.15) is 0 Å². The van der Waals surface area contributed by atoms with Gasteiger partial charge in [-0.25, -0.2) is 9.97 Å². The monoisotopic (exact) mass is 432 g/mol. The van der Waals surface area contributed by atoms with Gasteiger partial charge in [-0.3, -0.25) is 10.1 Å². The van der Waals surface area contributed by atoms with Crippen molar-refractivity contribution in [2.45, 2.75) is 18.9 Å². The summed E-state index contributed by atoms with van der Waals surface area (Å²) < 4.78 is 1.13. The molecule has 0 radical (unpaired) electrons. The smallest absolute Gasteiger partial charge is 0.269 e. The lowest BCUT2D eigenvalue weighted by molar-refractivity contribution is -0.384. The molecule has 1 aromatic heterocycles. The van der Waals surface area contributed by atoms with Gasteiger partial charge in [0.05, 0.1) is 10.4 Å². The van der Waals surface area contributed by atoms with Crippen LogP contribution in [0.2, 0.25) is 0 Å². The highest BCUT2D eigenvalue weighted by atomic mass is 127. The van der Waals surface area contributed by atoms with E-state index in [0.29, 0.717) is 0 Å². The summed E-state index contributed by atoms with van der Waals surface area (Å²) in [7, 11) is 0. The molecule has 0 spiro atoms. The van der Waals surface area contributed by atoms with Crippen molar-refractivity contribution in [1.29, 1.82) is 0 Å². The number of aromatic nitrogens is 2. The van der Waals surface area contributed by atoms with Crippen LogP contribution in [0, 0.1) is 13.7 Å². The lowest BCUT2D eigenvalue weighted by Crippen LogP contribution is -2.20. The fraction of sp³-hybridized carbons (Fsp3) is 0.176. The van der Waals surface area contributed by atoms with Crippen LogP contribution >= 0.6 is 22.6 Å². The lowest BCUT2D eigenvalue weighted by atomic mass is 10.1. The second kappa shape index (κ2) is 5.97. The van der Waals surface area contributed by atoms with E-state index in [1.54, 1.807) is 18.5 Å². The van der Waals surface area contributed by atoms with Crippen LogP contribution < -0.4 is 5.32 Å². The van der Waals surface area contributed by atoms with E-state index < -0.39 is 0 Å². The van der Waals surface area contributed by atoms with Gasteiger partial charge in [0.1, 0.15) is 12.1 Å². The molecule has 1 atom stereocenters. The molecule has 0 saturated heterocycles. The van der Waals surface area contributed by atoms with E-state index in [1.807, 2.05) is 18.2 Å². The first-order valence-corrected chi connectivity index (χ1v) is 8.61. The predicted octanol–water partition coefficient (Wildman–Crippen LogP) is 3.72. The van der Waals surface area contributed by atoms with Crippen LogP contribution in [-0.2, 0) is 12.8 Å². The van der Waals surface area contributed by atoms with Crippen molar-refractivity contribution < 1.29 is 4.92 Å². The number of hydrogen-bond acceptors (Lipinski definition) is 5. The highest BCUT2D eigenvalue weighted by Crippen LogP contribution is 2.29. The Morgan fingerprint density at radius 1 is 1.12 bits per heavy atom. The molecule has 1 unspecified atom stereocenters. The number of nitro benzene ring substituents is 1. The molecule has 24 heavy (non-hydrogen) atoms. The molecule has 0 aliphatic heterocycles. The average Bonchev–Trinajstić information content (AvgIpc) is 2.96. The molecule has 0 bridgehead atoms. The molecular formula is C17H13IN4O2. The van der Waals surface area contributed by atoms with Crippen molar-refractivity contribution >= 4 is 45.0 Å². The minimum absolute atomic E-state index is 0.149. The maximum atomic E-state index is 10.9. The minimum atomic E-state index is -0.346. The summed E-state index contributed by atoms with van der Waals surface area (Å²) in [5, 5.41) is 15.4. The van der Waals surface area contributed by atoms with Gasteiger partial charge in [0.15, 0.2) is 0 Å². The summed E-state index contributed by atoms with van der Waals surface area (Å²) in [5.41, 5.74) is 3.25. The fourth-order valence-electron chi connectivity index (χ4n) is 3.16. The lowest BCUT2D eigenvalue weighted by Gasteiger charge is -2.14. The van der Waals surface area contributed by atoms with Gasteiger partial charge in [0, 0.05) is 27.1 Å². The van der Waals surface area contributed by atoms with E-state index in [0.717, 1.165) is 44.3 Å². The van der Waals surface area contributed by atoms with Crippen molar-refractivity contribution in [2.24, 2.45) is 0 Å². The van der Waals surface area contributed by atoms with E-state index >= 15 is 0 Å². The maximum absolute atomic E-state index is 10.9. The van der Waals surface area contributed by atoms with Crippen LogP contribution in [0.25, 0.3) is 10.9 Å². The third kappa shape index (κ3) is 2.79. The molecule has 4 rings (SSSR count). The number of benzene rings is 2. The average molecular weight is 432 g/mol. The molecule has 6 nitrogen and oxygen atoms in total. The van der Waals surface area contributed by atoms with Gasteiger partial charge >= 0.3 is 0 Å². The van der Waals surface area contributed by atoms with E-state index in [9.17, 15) is 10.1 Å². The number of halogens is 1. The number of nitrogens with one attached hydrogen (secondary N) is 1. The Bertz CT molecular complexity index is 960. The van der Waals surface area contributed by atoms with E-state index in [4.69, 9.17) is 0 Å². The summed E-state index contributed by atoms with van der Waals surface area (Å²) >= 11 is 2.27. The number of nitro groups is 1. The second-order valence-electron chi connectivity index (χ2n) is 5.84. The molecule has 1 aliphatic rings. The third-order valence-electron chi connectivity index (χ3n) is 4.27. The summed E-state index contributed by atoms with van der Waals surface area (Å²) in [6.45, 7) is 0. The van der Waals surface area contributed by atoms with Gasteiger partial charge in [-0.1, -0.05) is 6.07 Å². The Balaban J connectivity index is 1.61. The Labute approximate surface area is 151 Å². The summed E-state index contributed by atoms with van der Waals surface area (Å²) in [4.78, 5) is 19.3. The van der Waals surface area contributed by atoms with Gasteiger partial charge < -0.3 is 5.32 Å². The number of nitrogens with zero attached hydrogens (tertiary/aromatic N) is 3. The van der Waals surface area contributed by atoms with Crippen LogP contribution in [0.5, 0.6) is 0 Å². The van der Waals surface area contributed by atoms with Crippen molar-refractivity contribution in [3.8, 4) is 0 Å². The number of rotatable bonds is 3. The molecule has 0 amide bonds. The highest BCUT2D eigenvalue weighted by molar-refractivity contribution is 14.1. The summed E-state index contributed by atoms with van der Waals surface area (Å²) in [6, 6.07) is 11.3. The molecule has 1 heterocycles. The second-order valence-corrected chi connectivity index (χ2v) is 7.09. The van der Waals surface area contributed by atoms with E-state index in [-0.39, 0.29) is 16.7 Å². The molecular weight excluding hydrogens is 419 g/mol. The number of non-ortho nitro benzene ring substituents is 1. The van der Waals surface area contributed by atoms with Gasteiger partial charge in [0.25, 0.3) is 5.69 Å². The highest BCUT2D eigenvalue weighted by Gasteiger charge is 2.24. The van der Waals surface area contributed by atoms with Crippen LogP contribution in [0.3, 0.4) is 0 Å². The third-order valence-corrected chi connectivity index (χ3v) is 4.94. The maximum Gasteiger partial charge on any atom is 0.269 e. The first-order valence-electron chi connectivity index (χ1n) is 7.53. The Morgan fingerprint density at radius 2 is 1.96 bits per heavy atom. The van der Waals surface area contributed by atoms with Crippen LogP contribution in [-0.4, -0.2) is 20.9 Å². The van der Waals surface area contributed by atoms with Crippen molar-refractivity contribution in [3.05, 3.63) is 67.5 Å². The Hall–Kier alpha value is -2.29. The van der Waals surface area contributed by atoms with Gasteiger partial charge in [0.2, 0.25) is 0 Å². The molecule has 1 N–H and O–H groups in total. The van der Waals surface area contributed by atoms with Gasteiger partial charge in [-0.15, -0.1) is 0 Å². The summed E-state index contributed by atoms with van der Waals surface area (Å²) in [6.07, 6.45) is 3.15. The zero-order chi connectivity index (χ0) is 16.7. The standard InChI is InChI=1S/C17H13IN4O2/c18-12-2-4-16-15(8-12)17(20-9-19-16)21-13-5-10-1-3-14(22(23)24)7-11(10)6-13/h1-4,7-9,13H,5-6H2,(H,19,20,21). The van der Waals surface area contributed by atoms with E-state index in [1.165, 1.54) is 0 Å². The Morgan fingerprint density at radius 3 is 2.79 bits per heavy atom. The van der Waals surface area contributed by atoms with Crippen LogP contribution in [0.1, 0.15) is 11.1 Å². The first kappa shape index (κ1) is 15.3. The molecule has 0 saturated carbocycles. The van der Waals surface area contributed by atoms with Crippen molar-refractivity contribution in [2.75, 3.05) is 5.32 Å². The molecule has 3 aromatic rings.